The molecule has 4 aromatic rings. The average Bonchev–Trinajstić information content (AvgIpc) is 3.32. The first-order chi connectivity index (χ1) is 14.8. The summed E-state index contributed by atoms with van der Waals surface area (Å²) >= 11 is 2.62. The number of sulfone groups is 1. The van der Waals surface area contributed by atoms with Gasteiger partial charge in [0, 0.05) is 7.05 Å². The zero-order valence-corrected chi connectivity index (χ0v) is 19.2. The molecule has 31 heavy (non-hydrogen) atoms. The van der Waals surface area contributed by atoms with Gasteiger partial charge in [0.25, 0.3) is 0 Å². The summed E-state index contributed by atoms with van der Waals surface area (Å²) in [6.45, 7) is 1.75. The number of rotatable bonds is 7. The molecule has 0 bridgehead atoms. The number of nitrogens with one attached hydrogen (secondary N) is 1. The van der Waals surface area contributed by atoms with Crippen LogP contribution < -0.4 is 5.32 Å². The van der Waals surface area contributed by atoms with Gasteiger partial charge in [-0.2, -0.15) is 0 Å². The highest BCUT2D eigenvalue weighted by Gasteiger charge is 2.23. The molecule has 11 heteroatoms. The fraction of sp³-hybridized carbons (Fsp3) is 0.200. The van der Waals surface area contributed by atoms with E-state index in [0.717, 1.165) is 10.2 Å². The van der Waals surface area contributed by atoms with Gasteiger partial charge < -0.3 is 9.88 Å². The minimum atomic E-state index is -3.54. The maximum absolute atomic E-state index is 12.6. The van der Waals surface area contributed by atoms with Crippen molar-refractivity contribution in [1.29, 1.82) is 0 Å². The van der Waals surface area contributed by atoms with Crippen LogP contribution in [0, 0.1) is 0 Å². The first-order valence-corrected chi connectivity index (χ1v) is 12.7. The van der Waals surface area contributed by atoms with Gasteiger partial charge in [0.2, 0.25) is 5.91 Å². The SMILES string of the molecule is CC(Sc1nnc(CS(=O)(=O)c2ccccc2)n1C)C(=O)Nc1nc2ccccc2s1. The van der Waals surface area contributed by atoms with Crippen LogP contribution in [0.2, 0.25) is 0 Å². The van der Waals surface area contributed by atoms with Gasteiger partial charge in [0.1, 0.15) is 11.6 Å². The number of nitrogens with zero attached hydrogens (tertiary/aromatic N) is 4. The number of hydrogen-bond acceptors (Lipinski definition) is 8. The Morgan fingerprint density at radius 3 is 2.58 bits per heavy atom. The van der Waals surface area contributed by atoms with Crippen LogP contribution in [0.1, 0.15) is 12.7 Å². The molecule has 1 atom stereocenters. The van der Waals surface area contributed by atoms with Gasteiger partial charge in [-0.3, -0.25) is 4.79 Å². The highest BCUT2D eigenvalue weighted by Crippen LogP contribution is 2.28. The second kappa shape index (κ2) is 8.77. The molecular formula is C20H19N5O3S3. The van der Waals surface area contributed by atoms with Crippen LogP contribution in [0.15, 0.2) is 64.6 Å². The molecule has 1 N–H and O–H groups in total. The normalized spacial score (nSPS) is 12.7. The van der Waals surface area contributed by atoms with Crippen LogP contribution in [-0.4, -0.2) is 39.3 Å². The monoisotopic (exact) mass is 473 g/mol. The highest BCUT2D eigenvalue weighted by atomic mass is 32.2. The number of carbonyl (C=O) groups is 1. The quantitative estimate of drug-likeness (QED) is 0.409. The number of hydrogen-bond donors (Lipinski definition) is 1. The molecule has 0 aliphatic carbocycles. The van der Waals surface area contributed by atoms with Gasteiger partial charge in [0.15, 0.2) is 20.1 Å². The Kier molecular flexibility index (Phi) is 6.08. The summed E-state index contributed by atoms with van der Waals surface area (Å²) in [5.41, 5.74) is 0.834. The summed E-state index contributed by atoms with van der Waals surface area (Å²) in [5.74, 6) is -0.177. The maximum Gasteiger partial charge on any atom is 0.239 e. The predicted molar refractivity (Wildman–Crippen MR) is 122 cm³/mol. The van der Waals surface area contributed by atoms with Crippen LogP contribution in [0.25, 0.3) is 10.2 Å². The number of para-hydroxylation sites is 1. The number of thioether (sulfide) groups is 1. The zero-order chi connectivity index (χ0) is 22.0. The van der Waals surface area contributed by atoms with Gasteiger partial charge >= 0.3 is 0 Å². The summed E-state index contributed by atoms with van der Waals surface area (Å²) in [7, 11) is -1.85. The van der Waals surface area contributed by atoms with Crippen molar-refractivity contribution in [3.63, 3.8) is 0 Å². The number of amides is 1. The Hall–Kier alpha value is -2.76. The Morgan fingerprint density at radius 1 is 1.13 bits per heavy atom. The van der Waals surface area contributed by atoms with Crippen LogP contribution >= 0.6 is 23.1 Å². The number of aromatic nitrogens is 4. The van der Waals surface area contributed by atoms with Crippen molar-refractivity contribution in [3.05, 3.63) is 60.4 Å². The van der Waals surface area contributed by atoms with Gasteiger partial charge in [-0.1, -0.05) is 53.4 Å². The van der Waals surface area contributed by atoms with E-state index in [9.17, 15) is 13.2 Å². The number of benzene rings is 2. The Balaban J connectivity index is 1.43. The fourth-order valence-corrected chi connectivity index (χ4v) is 5.83. The molecule has 160 valence electrons. The smallest absolute Gasteiger partial charge is 0.239 e. The maximum atomic E-state index is 12.6. The number of fused-ring (bicyclic) bond motifs is 1. The molecule has 0 fully saturated rings. The summed E-state index contributed by atoms with van der Waals surface area (Å²) < 4.78 is 27.8. The number of thiazole rings is 1. The minimum absolute atomic E-state index is 0.217. The van der Waals surface area contributed by atoms with Gasteiger partial charge in [-0.25, -0.2) is 13.4 Å². The summed E-state index contributed by atoms with van der Waals surface area (Å²) in [5, 5.41) is 11.4. The van der Waals surface area contributed by atoms with Gasteiger partial charge in [-0.05, 0) is 31.2 Å². The molecular weight excluding hydrogens is 454 g/mol. The molecule has 0 aliphatic rings. The van der Waals surface area contributed by atoms with Crippen molar-refractivity contribution in [2.45, 2.75) is 28.0 Å². The lowest BCUT2D eigenvalue weighted by Gasteiger charge is -2.10. The second-order valence-corrected chi connectivity index (χ2v) is 11.1. The van der Waals surface area contributed by atoms with E-state index in [1.54, 1.807) is 48.9 Å². The third kappa shape index (κ3) is 4.78. The van der Waals surface area contributed by atoms with Crippen LogP contribution in [0.5, 0.6) is 0 Å². The van der Waals surface area contributed by atoms with E-state index in [1.165, 1.54) is 23.1 Å². The summed E-state index contributed by atoms with van der Waals surface area (Å²) in [6, 6.07) is 15.9. The molecule has 2 aromatic heterocycles. The predicted octanol–water partition coefficient (Wildman–Crippen LogP) is 3.52. The van der Waals surface area contributed by atoms with Gasteiger partial charge in [-0.15, -0.1) is 10.2 Å². The first-order valence-electron chi connectivity index (χ1n) is 9.32. The summed E-state index contributed by atoms with van der Waals surface area (Å²) in [6.07, 6.45) is 0. The zero-order valence-electron chi connectivity index (χ0n) is 16.7. The van der Waals surface area contributed by atoms with Gasteiger partial charge in [0.05, 0.1) is 20.4 Å². The van der Waals surface area contributed by atoms with Crippen molar-refractivity contribution in [3.8, 4) is 0 Å². The topological polar surface area (TPSA) is 107 Å². The van der Waals surface area contributed by atoms with E-state index in [-0.39, 0.29) is 16.6 Å². The standard InChI is InChI=1S/C20H19N5O3S3/c1-13(18(26)22-19-21-15-10-6-7-11-16(15)30-19)29-20-24-23-17(25(20)2)12-31(27,28)14-8-4-3-5-9-14/h3-11,13H,12H2,1-2H3,(H,21,22,26). The molecule has 0 spiro atoms. The average molecular weight is 474 g/mol. The lowest BCUT2D eigenvalue weighted by molar-refractivity contribution is -0.115. The van der Waals surface area contributed by atoms with Crippen molar-refractivity contribution in [2.75, 3.05) is 5.32 Å². The fourth-order valence-electron chi connectivity index (χ4n) is 2.80. The largest absolute Gasteiger partial charge is 0.308 e. The Labute approximate surface area is 187 Å². The van der Waals surface area contributed by atoms with Crippen molar-refractivity contribution >= 4 is 54.2 Å². The third-order valence-corrected chi connectivity index (χ3v) is 8.24. The Morgan fingerprint density at radius 2 is 1.84 bits per heavy atom. The molecule has 2 aromatic carbocycles. The van der Waals surface area contributed by atoms with E-state index >= 15 is 0 Å². The lowest BCUT2D eigenvalue weighted by atomic mass is 10.3. The van der Waals surface area contributed by atoms with E-state index in [4.69, 9.17) is 0 Å². The molecule has 0 saturated heterocycles. The second-order valence-electron chi connectivity index (χ2n) is 6.77. The molecule has 2 heterocycles. The molecule has 0 aliphatic heterocycles. The van der Waals surface area contributed by atoms with Crippen molar-refractivity contribution < 1.29 is 13.2 Å². The first kappa shape index (κ1) is 21.5. The molecule has 0 radical (unpaired) electrons. The van der Waals surface area contributed by atoms with E-state index in [1.807, 2.05) is 24.3 Å². The minimum Gasteiger partial charge on any atom is -0.308 e. The molecule has 1 unspecified atom stereocenters. The third-order valence-electron chi connectivity index (χ3n) is 4.52. The van der Waals surface area contributed by atoms with Crippen LogP contribution in [-0.2, 0) is 27.4 Å². The van der Waals surface area contributed by atoms with E-state index < -0.39 is 15.1 Å². The van der Waals surface area contributed by atoms with E-state index in [0.29, 0.717) is 16.1 Å². The van der Waals surface area contributed by atoms with Crippen LogP contribution in [0.4, 0.5) is 5.13 Å². The molecule has 0 saturated carbocycles. The van der Waals surface area contributed by atoms with Crippen molar-refractivity contribution in [1.82, 2.24) is 19.7 Å². The van der Waals surface area contributed by atoms with Crippen molar-refractivity contribution in [2.24, 2.45) is 7.05 Å². The van der Waals surface area contributed by atoms with Crippen LogP contribution in [0.3, 0.4) is 0 Å². The highest BCUT2D eigenvalue weighted by molar-refractivity contribution is 8.00. The number of anilines is 1. The Bertz CT molecular complexity index is 1300. The number of carbonyl (C=O) groups excluding carboxylic acids is 1. The lowest BCUT2D eigenvalue weighted by Crippen LogP contribution is -2.22. The summed E-state index contributed by atoms with van der Waals surface area (Å²) in [4.78, 5) is 17.2. The molecule has 4 rings (SSSR count). The van der Waals surface area contributed by atoms with E-state index in [2.05, 4.69) is 20.5 Å². The molecule has 1 amide bonds. The molecule has 8 nitrogen and oxygen atoms in total.